The van der Waals surface area contributed by atoms with Gasteiger partial charge in [-0.2, -0.15) is 0 Å². The Kier molecular flexibility index (Phi) is 32.5. The summed E-state index contributed by atoms with van der Waals surface area (Å²) in [6.07, 6.45) is 37.3. The van der Waals surface area contributed by atoms with Crippen molar-refractivity contribution in [2.45, 2.75) is 200 Å². The van der Waals surface area contributed by atoms with Crippen molar-refractivity contribution in [1.82, 2.24) is 0 Å². The maximum Gasteiger partial charge on any atom is 0.354 e. The highest BCUT2D eigenvalue weighted by atomic mass is 16.6. The molecule has 0 fully saturated rings. The molecule has 0 spiro atoms. The molecule has 53 heavy (non-hydrogen) atoms. The average Bonchev–Trinajstić information content (AvgIpc) is 3.16. The molecule has 0 aliphatic rings. The van der Waals surface area contributed by atoms with Gasteiger partial charge in [0.05, 0.1) is 0 Å². The largest absolute Gasteiger partial charge is 0.462 e. The van der Waals surface area contributed by atoms with E-state index < -0.39 is 12.1 Å². The van der Waals surface area contributed by atoms with Crippen LogP contribution in [-0.4, -0.2) is 37.2 Å². The molecular formula is C46H77NO6. The van der Waals surface area contributed by atoms with Crippen LogP contribution in [0.15, 0.2) is 48.2 Å². The lowest BCUT2D eigenvalue weighted by molar-refractivity contribution is -0.165. The van der Waals surface area contributed by atoms with Gasteiger partial charge in [-0.25, -0.2) is 4.79 Å². The van der Waals surface area contributed by atoms with E-state index in [2.05, 4.69) is 26.0 Å². The molecule has 1 aromatic carbocycles. The number of hydrogen-bond donors (Lipinski definition) is 1. The minimum atomic E-state index is -0.894. The van der Waals surface area contributed by atoms with Gasteiger partial charge in [-0.05, 0) is 50.2 Å². The lowest BCUT2D eigenvalue weighted by Crippen LogP contribution is -2.31. The van der Waals surface area contributed by atoms with Crippen LogP contribution in [0.5, 0.6) is 0 Å². The predicted octanol–water partition coefficient (Wildman–Crippen LogP) is 12.5. The SMILES string of the molecule is CCCCCCCC/C=C\CCCCCCCC(=O)O[C@H](COC(=O)CCCCCCCCCCCCCCC)COC(=O)/C(N)=C/c1ccccc1. The molecule has 1 rings (SSSR count). The van der Waals surface area contributed by atoms with Crippen LogP contribution in [-0.2, 0) is 28.6 Å². The zero-order chi connectivity index (χ0) is 38.5. The topological polar surface area (TPSA) is 105 Å². The molecule has 0 saturated carbocycles. The molecule has 0 amide bonds. The van der Waals surface area contributed by atoms with Gasteiger partial charge in [-0.3, -0.25) is 9.59 Å². The van der Waals surface area contributed by atoms with Gasteiger partial charge in [0, 0.05) is 12.8 Å². The van der Waals surface area contributed by atoms with E-state index >= 15 is 0 Å². The van der Waals surface area contributed by atoms with Crippen LogP contribution < -0.4 is 5.73 Å². The summed E-state index contributed by atoms with van der Waals surface area (Å²) in [7, 11) is 0. The molecule has 0 aromatic heterocycles. The molecule has 0 radical (unpaired) electrons. The van der Waals surface area contributed by atoms with Crippen molar-refractivity contribution < 1.29 is 28.6 Å². The second-order valence-corrected chi connectivity index (χ2v) is 14.7. The number of carbonyl (C=O) groups excluding carboxylic acids is 3. The number of esters is 3. The van der Waals surface area contributed by atoms with Crippen LogP contribution in [0.1, 0.15) is 199 Å². The monoisotopic (exact) mass is 740 g/mol. The number of nitrogens with two attached hydrogens (primary N) is 1. The molecule has 0 unspecified atom stereocenters. The number of carbonyl (C=O) groups is 3. The number of ether oxygens (including phenoxy) is 3. The summed E-state index contributed by atoms with van der Waals surface area (Å²) in [5.41, 5.74) is 6.67. The Bertz CT molecular complexity index is 1080. The van der Waals surface area contributed by atoms with Gasteiger partial charge in [0.2, 0.25) is 0 Å². The van der Waals surface area contributed by atoms with E-state index in [1.165, 1.54) is 115 Å². The van der Waals surface area contributed by atoms with Crippen LogP contribution in [0.2, 0.25) is 0 Å². The first-order chi connectivity index (χ1) is 26.0. The zero-order valence-corrected chi connectivity index (χ0v) is 33.9. The first-order valence-electron chi connectivity index (χ1n) is 21.7. The van der Waals surface area contributed by atoms with E-state index in [0.717, 1.165) is 63.4 Å². The van der Waals surface area contributed by atoms with Crippen molar-refractivity contribution >= 4 is 24.0 Å². The van der Waals surface area contributed by atoms with Crippen molar-refractivity contribution in [3.63, 3.8) is 0 Å². The van der Waals surface area contributed by atoms with Gasteiger partial charge in [-0.15, -0.1) is 0 Å². The van der Waals surface area contributed by atoms with Crippen LogP contribution >= 0.6 is 0 Å². The Balaban J connectivity index is 2.34. The molecule has 7 nitrogen and oxygen atoms in total. The van der Waals surface area contributed by atoms with Crippen LogP contribution in [0, 0.1) is 0 Å². The fraction of sp³-hybridized carbons (Fsp3) is 0.717. The highest BCUT2D eigenvalue weighted by molar-refractivity contribution is 5.92. The first kappa shape index (κ1) is 47.9. The van der Waals surface area contributed by atoms with E-state index in [-0.39, 0.29) is 37.3 Å². The highest BCUT2D eigenvalue weighted by Crippen LogP contribution is 2.15. The minimum Gasteiger partial charge on any atom is -0.462 e. The molecule has 0 aliphatic carbocycles. The summed E-state index contributed by atoms with van der Waals surface area (Å²) in [5, 5.41) is 0. The summed E-state index contributed by atoms with van der Waals surface area (Å²) < 4.78 is 16.5. The Hall–Kier alpha value is -3.09. The van der Waals surface area contributed by atoms with Gasteiger partial charge in [0.15, 0.2) is 6.10 Å². The number of unbranched alkanes of at least 4 members (excludes halogenated alkanes) is 23. The van der Waals surface area contributed by atoms with Crippen LogP contribution in [0.4, 0.5) is 0 Å². The molecular weight excluding hydrogens is 663 g/mol. The molecule has 1 atom stereocenters. The standard InChI is InChI=1S/C46H77NO6/c1-3-5-7-9-11-13-15-17-18-20-22-24-26-28-33-37-45(49)53-42(40-52-46(50)43(47)38-41-34-30-29-31-35-41)39-51-44(48)36-32-27-25-23-21-19-16-14-12-10-8-6-4-2/h17-18,29-31,34-35,38,42H,3-16,19-28,32-33,36-37,39-40,47H2,1-2H3/b18-17-,43-38-/t42-/m1/s1. The van der Waals surface area contributed by atoms with Gasteiger partial charge in [0.1, 0.15) is 18.9 Å². The quantitative estimate of drug-likeness (QED) is 0.0240. The smallest absolute Gasteiger partial charge is 0.354 e. The summed E-state index contributed by atoms with van der Waals surface area (Å²) >= 11 is 0. The Labute approximate surface area is 324 Å². The van der Waals surface area contributed by atoms with Crippen LogP contribution in [0.25, 0.3) is 6.08 Å². The molecule has 0 aliphatic heterocycles. The van der Waals surface area contributed by atoms with E-state index in [0.29, 0.717) is 6.42 Å². The molecule has 0 bridgehead atoms. The van der Waals surface area contributed by atoms with Gasteiger partial charge >= 0.3 is 17.9 Å². The molecule has 0 saturated heterocycles. The van der Waals surface area contributed by atoms with E-state index in [1.807, 2.05) is 30.3 Å². The van der Waals surface area contributed by atoms with Gasteiger partial charge < -0.3 is 19.9 Å². The van der Waals surface area contributed by atoms with E-state index in [1.54, 1.807) is 0 Å². The Morgan fingerprint density at radius 3 is 1.45 bits per heavy atom. The Morgan fingerprint density at radius 2 is 0.962 bits per heavy atom. The van der Waals surface area contributed by atoms with Crippen molar-refractivity contribution in [3.05, 3.63) is 53.7 Å². The maximum atomic E-state index is 12.7. The molecule has 2 N–H and O–H groups in total. The molecule has 302 valence electrons. The van der Waals surface area contributed by atoms with Crippen molar-refractivity contribution in [3.8, 4) is 0 Å². The molecule has 0 heterocycles. The average molecular weight is 740 g/mol. The number of allylic oxidation sites excluding steroid dienone is 2. The normalized spacial score (nSPS) is 12.2. The summed E-state index contributed by atoms with van der Waals surface area (Å²) in [4.78, 5) is 37.8. The summed E-state index contributed by atoms with van der Waals surface area (Å²) in [5.74, 6) is -1.43. The minimum absolute atomic E-state index is 0.0611. The number of rotatable bonds is 36. The molecule has 7 heteroatoms. The summed E-state index contributed by atoms with van der Waals surface area (Å²) in [6.45, 7) is 4.10. The third-order valence-electron chi connectivity index (χ3n) is 9.61. The van der Waals surface area contributed by atoms with Crippen molar-refractivity contribution in [1.29, 1.82) is 0 Å². The zero-order valence-electron chi connectivity index (χ0n) is 33.9. The van der Waals surface area contributed by atoms with Gasteiger partial charge in [0.25, 0.3) is 0 Å². The fourth-order valence-electron chi connectivity index (χ4n) is 6.29. The maximum absolute atomic E-state index is 12.7. The second-order valence-electron chi connectivity index (χ2n) is 14.7. The number of benzene rings is 1. The lowest BCUT2D eigenvalue weighted by Gasteiger charge is -2.18. The fourth-order valence-corrected chi connectivity index (χ4v) is 6.29. The van der Waals surface area contributed by atoms with E-state index in [4.69, 9.17) is 19.9 Å². The number of hydrogen-bond acceptors (Lipinski definition) is 7. The summed E-state index contributed by atoms with van der Waals surface area (Å²) in [6, 6.07) is 9.24. The predicted molar refractivity (Wildman–Crippen MR) is 220 cm³/mol. The van der Waals surface area contributed by atoms with Crippen LogP contribution in [0.3, 0.4) is 0 Å². The third-order valence-corrected chi connectivity index (χ3v) is 9.61. The van der Waals surface area contributed by atoms with Crippen molar-refractivity contribution in [2.24, 2.45) is 5.73 Å². The van der Waals surface area contributed by atoms with Gasteiger partial charge in [-0.1, -0.05) is 185 Å². The Morgan fingerprint density at radius 1 is 0.547 bits per heavy atom. The van der Waals surface area contributed by atoms with E-state index in [9.17, 15) is 14.4 Å². The second kappa shape index (κ2) is 35.9. The van der Waals surface area contributed by atoms with Crippen molar-refractivity contribution in [2.75, 3.05) is 13.2 Å². The highest BCUT2D eigenvalue weighted by Gasteiger charge is 2.20. The first-order valence-corrected chi connectivity index (χ1v) is 21.7. The third kappa shape index (κ3) is 31.0. The molecule has 1 aromatic rings. The lowest BCUT2D eigenvalue weighted by atomic mass is 10.0.